The second-order valence-corrected chi connectivity index (χ2v) is 7.82. The zero-order valence-corrected chi connectivity index (χ0v) is 17.0. The molecule has 0 fully saturated rings. The maximum atomic E-state index is 6.55. The fraction of sp³-hybridized carbons (Fsp3) is 0.167. The lowest BCUT2D eigenvalue weighted by atomic mass is 9.92. The van der Waals surface area contributed by atoms with Crippen molar-refractivity contribution in [3.8, 4) is 0 Å². The summed E-state index contributed by atoms with van der Waals surface area (Å²) in [7, 11) is 0. The van der Waals surface area contributed by atoms with Crippen LogP contribution in [0.3, 0.4) is 0 Å². The molecule has 0 N–H and O–H groups in total. The number of hydrogen-bond acceptors (Lipinski definition) is 0. The van der Waals surface area contributed by atoms with Crippen molar-refractivity contribution in [2.45, 2.75) is 27.7 Å². The van der Waals surface area contributed by atoms with Gasteiger partial charge in [0.25, 0.3) is 0 Å². The standard InChI is InChI=1S/C24H22Cl2/c1-15-7-16(2)10-19(9-15)13-22(20-11-17(3)8-18(4)12-20)23-14-21(25)5-6-24(23)26/h5-14H,1-4H3/b22-13+. The predicted octanol–water partition coefficient (Wildman–Crippen LogP) is 7.82. The molecule has 0 heterocycles. The molecule has 0 spiro atoms. The van der Waals surface area contributed by atoms with Crippen LogP contribution in [0.15, 0.2) is 54.6 Å². The van der Waals surface area contributed by atoms with Gasteiger partial charge >= 0.3 is 0 Å². The Morgan fingerprint density at radius 3 is 1.81 bits per heavy atom. The molecule has 0 aromatic heterocycles. The largest absolute Gasteiger partial charge is 0.0843 e. The van der Waals surface area contributed by atoms with Gasteiger partial charge in [0.05, 0.1) is 0 Å². The molecule has 3 aromatic carbocycles. The smallest absolute Gasteiger partial charge is 0.0485 e. The second kappa shape index (κ2) is 7.70. The molecule has 0 radical (unpaired) electrons. The Morgan fingerprint density at radius 2 is 1.23 bits per heavy atom. The second-order valence-electron chi connectivity index (χ2n) is 6.98. The van der Waals surface area contributed by atoms with Gasteiger partial charge in [0, 0.05) is 15.6 Å². The molecule has 3 rings (SSSR count). The fourth-order valence-corrected chi connectivity index (χ4v) is 3.80. The highest BCUT2D eigenvalue weighted by molar-refractivity contribution is 6.34. The molecule has 0 aliphatic rings. The van der Waals surface area contributed by atoms with Crippen molar-refractivity contribution in [3.63, 3.8) is 0 Å². The lowest BCUT2D eigenvalue weighted by Gasteiger charge is -2.14. The van der Waals surface area contributed by atoms with Gasteiger partial charge in [-0.25, -0.2) is 0 Å². The summed E-state index contributed by atoms with van der Waals surface area (Å²) in [5.41, 5.74) is 9.27. The lowest BCUT2D eigenvalue weighted by Crippen LogP contribution is -1.93. The van der Waals surface area contributed by atoms with E-state index in [2.05, 4.69) is 70.2 Å². The third-order valence-corrected chi connectivity index (χ3v) is 4.87. The highest BCUT2D eigenvalue weighted by Crippen LogP contribution is 2.34. The van der Waals surface area contributed by atoms with Crippen LogP contribution >= 0.6 is 23.2 Å². The molecule has 2 heteroatoms. The third kappa shape index (κ3) is 4.38. The summed E-state index contributed by atoms with van der Waals surface area (Å²) in [5.74, 6) is 0. The zero-order valence-electron chi connectivity index (χ0n) is 15.5. The van der Waals surface area contributed by atoms with Gasteiger partial charge in [-0.1, -0.05) is 81.9 Å². The van der Waals surface area contributed by atoms with E-state index in [0.717, 1.165) is 22.3 Å². The quantitative estimate of drug-likeness (QED) is 0.406. The molecule has 0 saturated carbocycles. The Bertz CT molecular complexity index is 957. The van der Waals surface area contributed by atoms with Crippen LogP contribution in [0.5, 0.6) is 0 Å². The Hall–Kier alpha value is -2.02. The third-order valence-electron chi connectivity index (χ3n) is 4.31. The zero-order chi connectivity index (χ0) is 18.8. The van der Waals surface area contributed by atoms with Crippen molar-refractivity contribution in [2.75, 3.05) is 0 Å². The molecule has 0 aliphatic carbocycles. The minimum Gasteiger partial charge on any atom is -0.0843 e. The predicted molar refractivity (Wildman–Crippen MR) is 115 cm³/mol. The summed E-state index contributed by atoms with van der Waals surface area (Å²) in [6.07, 6.45) is 2.20. The maximum Gasteiger partial charge on any atom is 0.0485 e. The topological polar surface area (TPSA) is 0 Å². The fourth-order valence-electron chi connectivity index (χ4n) is 3.41. The first-order valence-electron chi connectivity index (χ1n) is 8.66. The van der Waals surface area contributed by atoms with Gasteiger partial charge in [0.15, 0.2) is 0 Å². The van der Waals surface area contributed by atoms with Crippen LogP contribution in [-0.2, 0) is 0 Å². The molecular formula is C24H22Cl2. The van der Waals surface area contributed by atoms with E-state index in [0.29, 0.717) is 10.0 Å². The van der Waals surface area contributed by atoms with Crippen LogP contribution in [0.1, 0.15) is 38.9 Å². The van der Waals surface area contributed by atoms with Crippen molar-refractivity contribution in [3.05, 3.63) is 104 Å². The molecule has 0 amide bonds. The van der Waals surface area contributed by atoms with Gasteiger partial charge < -0.3 is 0 Å². The monoisotopic (exact) mass is 380 g/mol. The summed E-state index contributed by atoms with van der Waals surface area (Å²) in [6, 6.07) is 18.7. The van der Waals surface area contributed by atoms with Crippen LogP contribution in [-0.4, -0.2) is 0 Å². The Kier molecular flexibility index (Phi) is 5.55. The van der Waals surface area contributed by atoms with Crippen LogP contribution in [0, 0.1) is 27.7 Å². The van der Waals surface area contributed by atoms with Crippen molar-refractivity contribution in [2.24, 2.45) is 0 Å². The molecule has 3 aromatic rings. The van der Waals surface area contributed by atoms with E-state index >= 15 is 0 Å². The molecular weight excluding hydrogens is 359 g/mol. The number of benzene rings is 3. The number of hydrogen-bond donors (Lipinski definition) is 0. The van der Waals surface area contributed by atoms with E-state index in [1.54, 1.807) is 0 Å². The minimum absolute atomic E-state index is 0.681. The summed E-state index contributed by atoms with van der Waals surface area (Å²) < 4.78 is 0. The Balaban J connectivity index is 2.28. The van der Waals surface area contributed by atoms with Crippen molar-refractivity contribution in [1.82, 2.24) is 0 Å². The summed E-state index contributed by atoms with van der Waals surface area (Å²) in [4.78, 5) is 0. The summed E-state index contributed by atoms with van der Waals surface area (Å²) >= 11 is 12.8. The minimum atomic E-state index is 0.681. The van der Waals surface area contributed by atoms with Crippen LogP contribution in [0.2, 0.25) is 10.0 Å². The summed E-state index contributed by atoms with van der Waals surface area (Å²) in [5, 5.41) is 1.38. The molecule has 0 atom stereocenters. The van der Waals surface area contributed by atoms with Crippen LogP contribution < -0.4 is 0 Å². The highest BCUT2D eigenvalue weighted by Gasteiger charge is 2.12. The molecule has 132 valence electrons. The van der Waals surface area contributed by atoms with E-state index in [4.69, 9.17) is 23.2 Å². The number of aryl methyl sites for hydroxylation is 4. The molecule has 26 heavy (non-hydrogen) atoms. The molecule has 0 saturated heterocycles. The first-order valence-corrected chi connectivity index (χ1v) is 9.41. The molecule has 0 bridgehead atoms. The van der Waals surface area contributed by atoms with Gasteiger partial charge in [-0.3, -0.25) is 0 Å². The van der Waals surface area contributed by atoms with Crippen LogP contribution in [0.4, 0.5) is 0 Å². The van der Waals surface area contributed by atoms with Crippen LogP contribution in [0.25, 0.3) is 11.6 Å². The average Bonchev–Trinajstić information content (AvgIpc) is 2.53. The highest BCUT2D eigenvalue weighted by atomic mass is 35.5. The van der Waals surface area contributed by atoms with Crippen molar-refractivity contribution in [1.29, 1.82) is 0 Å². The van der Waals surface area contributed by atoms with E-state index in [-0.39, 0.29) is 0 Å². The average molecular weight is 381 g/mol. The SMILES string of the molecule is Cc1cc(C)cc(/C=C(\c2cc(C)cc(C)c2)c2cc(Cl)ccc2Cl)c1. The lowest BCUT2D eigenvalue weighted by molar-refractivity contribution is 1.36. The summed E-state index contributed by atoms with van der Waals surface area (Å²) in [6.45, 7) is 8.47. The van der Waals surface area contributed by atoms with E-state index in [9.17, 15) is 0 Å². The van der Waals surface area contributed by atoms with E-state index in [1.807, 2.05) is 18.2 Å². The van der Waals surface area contributed by atoms with Crippen molar-refractivity contribution < 1.29 is 0 Å². The Morgan fingerprint density at radius 1 is 0.692 bits per heavy atom. The number of rotatable bonds is 3. The van der Waals surface area contributed by atoms with Gasteiger partial charge in [0.2, 0.25) is 0 Å². The van der Waals surface area contributed by atoms with Gasteiger partial charge in [-0.05, 0) is 68.7 Å². The van der Waals surface area contributed by atoms with E-state index in [1.165, 1.54) is 22.3 Å². The number of halogens is 2. The molecule has 0 unspecified atom stereocenters. The molecule has 0 nitrogen and oxygen atoms in total. The van der Waals surface area contributed by atoms with E-state index < -0.39 is 0 Å². The normalized spacial score (nSPS) is 11.7. The molecule has 0 aliphatic heterocycles. The maximum absolute atomic E-state index is 6.55. The first kappa shape index (κ1) is 18.8. The van der Waals surface area contributed by atoms with Crippen molar-refractivity contribution >= 4 is 34.9 Å². The van der Waals surface area contributed by atoms with Gasteiger partial charge in [0.1, 0.15) is 0 Å². The Labute approximate surface area is 166 Å². The first-order chi connectivity index (χ1) is 12.3. The van der Waals surface area contributed by atoms with Gasteiger partial charge in [-0.15, -0.1) is 0 Å². The van der Waals surface area contributed by atoms with Gasteiger partial charge in [-0.2, -0.15) is 0 Å².